The summed E-state index contributed by atoms with van der Waals surface area (Å²) >= 11 is 0. The van der Waals surface area contributed by atoms with Crippen molar-refractivity contribution in [3.05, 3.63) is 29.8 Å². The summed E-state index contributed by atoms with van der Waals surface area (Å²) in [5.74, 6) is 1.06. The molecule has 0 atom stereocenters. The Labute approximate surface area is 116 Å². The zero-order valence-electron chi connectivity index (χ0n) is 12.2. The van der Waals surface area contributed by atoms with Crippen molar-refractivity contribution in [2.45, 2.75) is 39.3 Å². The van der Waals surface area contributed by atoms with Crippen molar-refractivity contribution in [1.82, 2.24) is 10.2 Å². The van der Waals surface area contributed by atoms with Crippen LogP contribution in [0.1, 0.15) is 32.3 Å². The third kappa shape index (κ3) is 4.84. The lowest BCUT2D eigenvalue weighted by Crippen LogP contribution is -2.28. The van der Waals surface area contributed by atoms with Crippen LogP contribution in [0.5, 0.6) is 5.75 Å². The molecule has 0 spiro atoms. The van der Waals surface area contributed by atoms with Crippen LogP contribution in [0.2, 0.25) is 0 Å². The molecule has 1 heterocycles. The highest BCUT2D eigenvalue weighted by Crippen LogP contribution is 2.22. The zero-order chi connectivity index (χ0) is 13.5. The molecule has 3 heteroatoms. The number of nitrogens with zero attached hydrogens (tertiary/aromatic N) is 1. The van der Waals surface area contributed by atoms with Gasteiger partial charge in [0.15, 0.2) is 0 Å². The summed E-state index contributed by atoms with van der Waals surface area (Å²) in [5.41, 5.74) is 1.32. The van der Waals surface area contributed by atoms with Crippen molar-refractivity contribution in [2.24, 2.45) is 0 Å². The van der Waals surface area contributed by atoms with E-state index in [1.807, 2.05) is 6.07 Å². The average molecular weight is 262 g/mol. The molecular formula is C16H26N2O. The summed E-state index contributed by atoms with van der Waals surface area (Å²) in [7, 11) is 0. The van der Waals surface area contributed by atoms with Crippen LogP contribution in [0.4, 0.5) is 0 Å². The van der Waals surface area contributed by atoms with Crippen LogP contribution >= 0.6 is 0 Å². The Morgan fingerprint density at radius 3 is 2.95 bits per heavy atom. The number of hydrogen-bond acceptors (Lipinski definition) is 3. The van der Waals surface area contributed by atoms with Gasteiger partial charge in [-0.1, -0.05) is 32.0 Å². The van der Waals surface area contributed by atoms with Gasteiger partial charge in [-0.3, -0.25) is 4.90 Å². The molecule has 2 rings (SSSR count). The van der Waals surface area contributed by atoms with Gasteiger partial charge in [0.1, 0.15) is 12.4 Å². The molecule has 0 aromatic heterocycles. The van der Waals surface area contributed by atoms with Crippen LogP contribution in [0.15, 0.2) is 24.3 Å². The normalized spacial score (nSPS) is 15.9. The zero-order valence-corrected chi connectivity index (χ0v) is 12.2. The first kappa shape index (κ1) is 14.4. The maximum Gasteiger partial charge on any atom is 0.123 e. The number of rotatable bonds is 6. The second-order valence-electron chi connectivity index (χ2n) is 5.55. The fourth-order valence-electron chi connectivity index (χ4n) is 2.42. The van der Waals surface area contributed by atoms with E-state index in [2.05, 4.69) is 42.3 Å². The molecule has 1 N–H and O–H groups in total. The number of unbranched alkanes of at least 4 members (excludes halogenated alkanes) is 1. The topological polar surface area (TPSA) is 24.5 Å². The molecule has 3 nitrogen and oxygen atoms in total. The summed E-state index contributed by atoms with van der Waals surface area (Å²) in [5, 5.41) is 3.47. The molecule has 0 fully saturated rings. The van der Waals surface area contributed by atoms with E-state index in [1.54, 1.807) is 0 Å². The standard InChI is InChI=1S/C16H26N2O/c1-14(2)17-9-5-6-10-18-11-12-19-16-8-4-3-7-15(16)13-18/h3-4,7-8,14,17H,5-6,9-13H2,1-2H3. The van der Waals surface area contributed by atoms with E-state index in [0.717, 1.165) is 38.5 Å². The van der Waals surface area contributed by atoms with Crippen molar-refractivity contribution in [3.63, 3.8) is 0 Å². The summed E-state index contributed by atoms with van der Waals surface area (Å²) < 4.78 is 5.78. The van der Waals surface area contributed by atoms with Crippen LogP contribution in [0, 0.1) is 0 Å². The Balaban J connectivity index is 1.73. The number of para-hydroxylation sites is 1. The van der Waals surface area contributed by atoms with E-state index < -0.39 is 0 Å². The first-order valence-corrected chi connectivity index (χ1v) is 7.42. The minimum Gasteiger partial charge on any atom is -0.492 e. The molecule has 0 bridgehead atoms. The van der Waals surface area contributed by atoms with Gasteiger partial charge in [0.2, 0.25) is 0 Å². The molecule has 0 saturated carbocycles. The molecule has 1 aromatic rings. The van der Waals surface area contributed by atoms with Gasteiger partial charge in [-0.15, -0.1) is 0 Å². The van der Waals surface area contributed by atoms with Crippen molar-refractivity contribution in [3.8, 4) is 5.75 Å². The van der Waals surface area contributed by atoms with E-state index in [4.69, 9.17) is 4.74 Å². The van der Waals surface area contributed by atoms with Crippen molar-refractivity contribution < 1.29 is 4.74 Å². The first-order chi connectivity index (χ1) is 9.25. The van der Waals surface area contributed by atoms with E-state index in [0.29, 0.717) is 6.04 Å². The minimum absolute atomic E-state index is 0.596. The van der Waals surface area contributed by atoms with Crippen molar-refractivity contribution in [2.75, 3.05) is 26.2 Å². The molecule has 19 heavy (non-hydrogen) atoms. The molecule has 0 radical (unpaired) electrons. The highest BCUT2D eigenvalue weighted by atomic mass is 16.5. The molecule has 1 aromatic carbocycles. The van der Waals surface area contributed by atoms with Crippen LogP contribution < -0.4 is 10.1 Å². The highest BCUT2D eigenvalue weighted by Gasteiger charge is 2.13. The predicted molar refractivity (Wildman–Crippen MR) is 79.6 cm³/mol. The third-order valence-corrected chi connectivity index (χ3v) is 3.49. The number of nitrogens with one attached hydrogen (secondary N) is 1. The van der Waals surface area contributed by atoms with Gasteiger partial charge in [0, 0.05) is 24.7 Å². The van der Waals surface area contributed by atoms with E-state index in [-0.39, 0.29) is 0 Å². The molecule has 0 unspecified atom stereocenters. The number of fused-ring (bicyclic) bond motifs is 1. The fraction of sp³-hybridized carbons (Fsp3) is 0.625. The molecule has 0 saturated heterocycles. The lowest BCUT2D eigenvalue weighted by molar-refractivity contribution is 0.222. The van der Waals surface area contributed by atoms with Crippen molar-refractivity contribution >= 4 is 0 Å². The second kappa shape index (κ2) is 7.51. The summed E-state index contributed by atoms with van der Waals surface area (Å²) in [4.78, 5) is 2.50. The van der Waals surface area contributed by atoms with E-state index in [9.17, 15) is 0 Å². The molecule has 0 amide bonds. The van der Waals surface area contributed by atoms with Crippen LogP contribution in [-0.4, -0.2) is 37.2 Å². The van der Waals surface area contributed by atoms with Crippen LogP contribution in [0.3, 0.4) is 0 Å². The maximum atomic E-state index is 5.78. The lowest BCUT2D eigenvalue weighted by Gasteiger charge is -2.19. The maximum absolute atomic E-state index is 5.78. The Kier molecular flexibility index (Phi) is 5.67. The average Bonchev–Trinajstić information content (AvgIpc) is 2.59. The van der Waals surface area contributed by atoms with Gasteiger partial charge < -0.3 is 10.1 Å². The van der Waals surface area contributed by atoms with Gasteiger partial charge in [-0.2, -0.15) is 0 Å². The Hall–Kier alpha value is -1.06. The first-order valence-electron chi connectivity index (χ1n) is 7.42. The van der Waals surface area contributed by atoms with Crippen LogP contribution in [-0.2, 0) is 6.54 Å². The molecule has 106 valence electrons. The van der Waals surface area contributed by atoms with Gasteiger partial charge >= 0.3 is 0 Å². The largest absolute Gasteiger partial charge is 0.492 e. The summed E-state index contributed by atoms with van der Waals surface area (Å²) in [6.45, 7) is 9.55. The third-order valence-electron chi connectivity index (χ3n) is 3.49. The Morgan fingerprint density at radius 1 is 1.26 bits per heavy atom. The van der Waals surface area contributed by atoms with E-state index >= 15 is 0 Å². The van der Waals surface area contributed by atoms with E-state index in [1.165, 1.54) is 18.4 Å². The van der Waals surface area contributed by atoms with Gasteiger partial charge in [-0.25, -0.2) is 0 Å². The Bertz CT molecular complexity index is 379. The van der Waals surface area contributed by atoms with Crippen molar-refractivity contribution in [1.29, 1.82) is 0 Å². The smallest absolute Gasteiger partial charge is 0.123 e. The number of hydrogen-bond donors (Lipinski definition) is 1. The van der Waals surface area contributed by atoms with Gasteiger partial charge in [-0.05, 0) is 32.0 Å². The molecule has 1 aliphatic heterocycles. The van der Waals surface area contributed by atoms with Crippen LogP contribution in [0.25, 0.3) is 0 Å². The number of benzene rings is 1. The Morgan fingerprint density at radius 2 is 2.11 bits per heavy atom. The summed E-state index contributed by atoms with van der Waals surface area (Å²) in [6.07, 6.45) is 2.50. The minimum atomic E-state index is 0.596. The predicted octanol–water partition coefficient (Wildman–Crippen LogP) is 2.66. The highest BCUT2D eigenvalue weighted by molar-refractivity contribution is 5.33. The SMILES string of the molecule is CC(C)NCCCCN1CCOc2ccccc2C1. The lowest BCUT2D eigenvalue weighted by atomic mass is 10.2. The van der Waals surface area contributed by atoms with Gasteiger partial charge in [0.05, 0.1) is 0 Å². The quantitative estimate of drug-likeness (QED) is 0.798. The molecule has 1 aliphatic rings. The van der Waals surface area contributed by atoms with Gasteiger partial charge in [0.25, 0.3) is 0 Å². The monoisotopic (exact) mass is 262 g/mol. The fourth-order valence-corrected chi connectivity index (χ4v) is 2.42. The second-order valence-corrected chi connectivity index (χ2v) is 5.55. The molecular weight excluding hydrogens is 236 g/mol. The summed E-state index contributed by atoms with van der Waals surface area (Å²) in [6, 6.07) is 8.99. The molecule has 0 aliphatic carbocycles. The number of ether oxygens (including phenoxy) is 1.